The minimum Gasteiger partial charge on any atom is -0.379 e. The molecule has 0 atom stereocenters. The van der Waals surface area contributed by atoms with Crippen molar-refractivity contribution in [1.29, 1.82) is 0 Å². The normalized spacial score (nSPS) is 11.2. The Morgan fingerprint density at radius 1 is 1.38 bits per heavy atom. The van der Waals surface area contributed by atoms with Crippen molar-refractivity contribution in [3.05, 3.63) is 20.8 Å². The summed E-state index contributed by atoms with van der Waals surface area (Å²) in [5.74, 6) is 0. The van der Waals surface area contributed by atoms with Gasteiger partial charge in [-0.15, -0.1) is 11.3 Å². The molecule has 92 valence electrons. The van der Waals surface area contributed by atoms with Gasteiger partial charge in [-0.1, -0.05) is 0 Å². The molecule has 16 heavy (non-hydrogen) atoms. The van der Waals surface area contributed by atoms with E-state index >= 15 is 0 Å². The zero-order valence-electron chi connectivity index (χ0n) is 9.83. The van der Waals surface area contributed by atoms with Gasteiger partial charge in [-0.25, -0.2) is 0 Å². The van der Waals surface area contributed by atoms with Crippen molar-refractivity contribution in [1.82, 2.24) is 10.2 Å². The molecule has 0 saturated carbocycles. The van der Waals surface area contributed by atoms with Crippen LogP contribution in [0.1, 0.15) is 4.88 Å². The quantitative estimate of drug-likeness (QED) is 0.745. The molecule has 5 heteroatoms. The first-order valence-corrected chi connectivity index (χ1v) is 6.97. The molecule has 0 saturated heterocycles. The summed E-state index contributed by atoms with van der Waals surface area (Å²) in [5.41, 5.74) is 0. The fraction of sp³-hybridized carbons (Fsp3) is 0.636. The second-order valence-electron chi connectivity index (χ2n) is 3.80. The van der Waals surface area contributed by atoms with Crippen molar-refractivity contribution in [2.45, 2.75) is 6.54 Å². The van der Waals surface area contributed by atoms with Crippen molar-refractivity contribution < 1.29 is 4.74 Å². The Hall–Kier alpha value is 0.0600. The molecule has 3 nitrogen and oxygen atoms in total. The van der Waals surface area contributed by atoms with E-state index < -0.39 is 0 Å². The average molecular weight is 307 g/mol. The molecule has 0 aromatic carbocycles. The van der Waals surface area contributed by atoms with Crippen LogP contribution in [0.3, 0.4) is 0 Å². The smallest absolute Gasteiger partial charge is 0.0701 e. The molecule has 1 heterocycles. The molecule has 1 rings (SSSR count). The molecule has 0 bridgehead atoms. The van der Waals surface area contributed by atoms with Crippen LogP contribution in [0.2, 0.25) is 0 Å². The van der Waals surface area contributed by atoms with E-state index in [9.17, 15) is 0 Å². The molecule has 1 aromatic heterocycles. The number of hydrogen-bond donors (Lipinski definition) is 1. The highest BCUT2D eigenvalue weighted by Gasteiger charge is 1.96. The minimum atomic E-state index is 0.778. The van der Waals surface area contributed by atoms with Crippen LogP contribution >= 0.6 is 27.3 Å². The second-order valence-corrected chi connectivity index (χ2v) is 6.35. The van der Waals surface area contributed by atoms with Gasteiger partial charge >= 0.3 is 0 Å². The molecule has 0 amide bonds. The molecular weight excluding hydrogens is 288 g/mol. The summed E-state index contributed by atoms with van der Waals surface area (Å²) in [4.78, 5) is 3.47. The number of halogens is 1. The van der Waals surface area contributed by atoms with Gasteiger partial charge in [0.05, 0.1) is 17.0 Å². The fourth-order valence-corrected chi connectivity index (χ4v) is 2.60. The molecule has 0 aliphatic carbocycles. The van der Waals surface area contributed by atoms with Crippen molar-refractivity contribution >= 4 is 27.3 Å². The Bertz CT molecular complexity index is 291. The minimum absolute atomic E-state index is 0.778. The number of hydrogen-bond acceptors (Lipinski definition) is 4. The summed E-state index contributed by atoms with van der Waals surface area (Å²) in [5, 5.41) is 3.35. The molecule has 0 aliphatic rings. The Labute approximate surface area is 110 Å². The molecule has 0 radical (unpaired) electrons. The maximum atomic E-state index is 5.48. The summed E-state index contributed by atoms with van der Waals surface area (Å²) >= 11 is 5.22. The number of likely N-dealkylation sites (N-methyl/N-ethyl adjacent to an activating group) is 1. The lowest BCUT2D eigenvalue weighted by Crippen LogP contribution is -2.22. The number of nitrogens with zero attached hydrogens (tertiary/aromatic N) is 1. The van der Waals surface area contributed by atoms with Crippen molar-refractivity contribution in [3.63, 3.8) is 0 Å². The van der Waals surface area contributed by atoms with Crippen LogP contribution in [-0.4, -0.2) is 45.3 Å². The first-order chi connectivity index (χ1) is 7.68. The van der Waals surface area contributed by atoms with Gasteiger partial charge in [0.1, 0.15) is 0 Å². The standard InChI is InChI=1S/C11H19BrN2OS/c1-14(2)6-8-15-7-5-13-9-10-3-4-11(12)16-10/h3-4,13H,5-9H2,1-2H3. The SMILES string of the molecule is CN(C)CCOCCNCc1ccc(Br)s1. The third-order valence-corrected chi connectivity index (χ3v) is 3.66. The molecule has 1 aromatic rings. The summed E-state index contributed by atoms with van der Waals surface area (Å²) in [6.45, 7) is 4.40. The van der Waals surface area contributed by atoms with Crippen LogP contribution in [0, 0.1) is 0 Å². The van der Waals surface area contributed by atoms with Crippen molar-refractivity contribution in [2.24, 2.45) is 0 Å². The lowest BCUT2D eigenvalue weighted by molar-refractivity contribution is 0.119. The average Bonchev–Trinajstić information content (AvgIpc) is 2.62. The van der Waals surface area contributed by atoms with Crippen LogP contribution in [0.5, 0.6) is 0 Å². The van der Waals surface area contributed by atoms with E-state index in [-0.39, 0.29) is 0 Å². The van der Waals surface area contributed by atoms with E-state index in [1.807, 2.05) is 0 Å². The van der Waals surface area contributed by atoms with Crippen LogP contribution < -0.4 is 5.32 Å². The van der Waals surface area contributed by atoms with Gasteiger partial charge in [0, 0.05) is 24.5 Å². The maximum Gasteiger partial charge on any atom is 0.0701 e. The van der Waals surface area contributed by atoms with E-state index in [0.717, 1.165) is 32.8 Å². The zero-order valence-corrected chi connectivity index (χ0v) is 12.2. The lowest BCUT2D eigenvalue weighted by Gasteiger charge is -2.09. The summed E-state index contributed by atoms with van der Waals surface area (Å²) in [6.07, 6.45) is 0. The third kappa shape index (κ3) is 6.60. The highest BCUT2D eigenvalue weighted by atomic mass is 79.9. The molecule has 0 unspecified atom stereocenters. The second kappa shape index (κ2) is 8.20. The Morgan fingerprint density at radius 2 is 2.19 bits per heavy atom. The Balaban J connectivity index is 1.92. The number of nitrogens with one attached hydrogen (secondary N) is 1. The molecule has 0 aliphatic heterocycles. The van der Waals surface area contributed by atoms with E-state index in [1.54, 1.807) is 11.3 Å². The fourth-order valence-electron chi connectivity index (χ4n) is 1.15. The van der Waals surface area contributed by atoms with Crippen LogP contribution in [0.15, 0.2) is 15.9 Å². The molecular formula is C11H19BrN2OS. The van der Waals surface area contributed by atoms with Gasteiger partial charge in [-0.2, -0.15) is 0 Å². The van der Waals surface area contributed by atoms with E-state index in [1.165, 1.54) is 8.66 Å². The Morgan fingerprint density at radius 3 is 2.81 bits per heavy atom. The number of ether oxygens (including phenoxy) is 1. The van der Waals surface area contributed by atoms with Crippen LogP contribution in [-0.2, 0) is 11.3 Å². The topological polar surface area (TPSA) is 24.5 Å². The van der Waals surface area contributed by atoms with Crippen molar-refractivity contribution in [2.75, 3.05) is 40.4 Å². The van der Waals surface area contributed by atoms with Gasteiger partial charge in [-0.05, 0) is 42.2 Å². The maximum absolute atomic E-state index is 5.48. The third-order valence-electron chi connectivity index (χ3n) is 2.03. The van der Waals surface area contributed by atoms with Crippen LogP contribution in [0.25, 0.3) is 0 Å². The molecule has 1 N–H and O–H groups in total. The summed E-state index contributed by atoms with van der Waals surface area (Å²) < 4.78 is 6.66. The monoisotopic (exact) mass is 306 g/mol. The summed E-state index contributed by atoms with van der Waals surface area (Å²) in [7, 11) is 4.10. The van der Waals surface area contributed by atoms with E-state index in [2.05, 4.69) is 52.4 Å². The number of rotatable bonds is 8. The zero-order chi connectivity index (χ0) is 11.8. The molecule has 0 spiro atoms. The number of thiophene rings is 1. The lowest BCUT2D eigenvalue weighted by atomic mass is 10.4. The van der Waals surface area contributed by atoms with E-state index in [0.29, 0.717) is 0 Å². The first kappa shape index (κ1) is 14.1. The van der Waals surface area contributed by atoms with Gasteiger partial charge < -0.3 is 15.0 Å². The first-order valence-electron chi connectivity index (χ1n) is 5.36. The van der Waals surface area contributed by atoms with Crippen LogP contribution in [0.4, 0.5) is 0 Å². The van der Waals surface area contributed by atoms with Crippen molar-refractivity contribution in [3.8, 4) is 0 Å². The van der Waals surface area contributed by atoms with Gasteiger partial charge in [0.25, 0.3) is 0 Å². The molecule has 0 fully saturated rings. The predicted molar refractivity (Wildman–Crippen MR) is 73.1 cm³/mol. The highest BCUT2D eigenvalue weighted by Crippen LogP contribution is 2.21. The highest BCUT2D eigenvalue weighted by molar-refractivity contribution is 9.11. The summed E-state index contributed by atoms with van der Waals surface area (Å²) in [6, 6.07) is 4.21. The Kier molecular flexibility index (Phi) is 7.23. The van der Waals surface area contributed by atoms with E-state index in [4.69, 9.17) is 4.74 Å². The van der Waals surface area contributed by atoms with Gasteiger partial charge in [0.15, 0.2) is 0 Å². The van der Waals surface area contributed by atoms with Gasteiger partial charge in [0.2, 0.25) is 0 Å². The van der Waals surface area contributed by atoms with Gasteiger partial charge in [-0.3, -0.25) is 0 Å². The largest absolute Gasteiger partial charge is 0.379 e. The predicted octanol–water partition coefficient (Wildman–Crippen LogP) is 2.18.